The van der Waals surface area contributed by atoms with Crippen LogP contribution in [0.4, 0.5) is 11.6 Å². The Labute approximate surface area is 207 Å². The van der Waals surface area contributed by atoms with E-state index in [1.54, 1.807) is 48.5 Å². The Morgan fingerprint density at radius 1 is 1.23 bits per heavy atom. The van der Waals surface area contributed by atoms with Crippen LogP contribution in [0.2, 0.25) is 0 Å². The highest BCUT2D eigenvalue weighted by Crippen LogP contribution is 2.36. The van der Waals surface area contributed by atoms with Crippen molar-refractivity contribution in [2.45, 2.75) is 25.8 Å². The molecule has 1 atom stereocenters. The number of nitrogens with one attached hydrogen (secondary N) is 1. The zero-order valence-electron chi connectivity index (χ0n) is 22.8. The maximum Gasteiger partial charge on any atom is 0.299 e. The number of likely N-dealkylation sites (tertiary alicyclic amines) is 1. The molecule has 4 heterocycles. The van der Waals surface area contributed by atoms with Gasteiger partial charge in [0.25, 0.3) is 11.8 Å². The van der Waals surface area contributed by atoms with Crippen molar-refractivity contribution < 1.29 is 15.1 Å². The maximum atomic E-state index is 12.8. The van der Waals surface area contributed by atoms with Gasteiger partial charge in [0.15, 0.2) is 0 Å². The van der Waals surface area contributed by atoms with E-state index in [0.717, 1.165) is 12.8 Å². The van der Waals surface area contributed by atoms with Crippen LogP contribution in [0.1, 0.15) is 47.5 Å². The van der Waals surface area contributed by atoms with E-state index in [1.807, 2.05) is 4.40 Å². The van der Waals surface area contributed by atoms with E-state index >= 15 is 0 Å². The molecule has 0 bridgehead atoms. The second-order valence-corrected chi connectivity index (χ2v) is 7.86. The molecule has 1 saturated heterocycles. The average Bonchev–Trinajstić information content (AvgIpc) is 3.56. The second kappa shape index (κ2) is 9.27. The predicted octanol–water partition coefficient (Wildman–Crippen LogP) is 3.31. The molecule has 9 heteroatoms. The van der Waals surface area contributed by atoms with Crippen molar-refractivity contribution in [2.24, 2.45) is 0 Å². The molecule has 9 nitrogen and oxygen atoms in total. The van der Waals surface area contributed by atoms with Crippen LogP contribution in [-0.2, 0) is 4.79 Å². The molecular formula is C26H23N7O2. The van der Waals surface area contributed by atoms with E-state index in [1.165, 1.54) is 0 Å². The molecule has 1 aromatic carbocycles. The molecule has 0 unspecified atom stereocenters. The zero-order chi connectivity index (χ0) is 27.8. The first-order valence-corrected chi connectivity index (χ1v) is 10.9. The molecule has 1 aliphatic rings. The Morgan fingerprint density at radius 2 is 2.06 bits per heavy atom. The highest BCUT2D eigenvalue weighted by Gasteiger charge is 2.33. The van der Waals surface area contributed by atoms with Gasteiger partial charge in [-0.25, -0.2) is 15.0 Å². The number of nitrogens with zero attached hydrogens (tertiary/aromatic N) is 5. The summed E-state index contributed by atoms with van der Waals surface area (Å²) in [4.78, 5) is 40.0. The second-order valence-electron chi connectivity index (χ2n) is 7.86. The highest BCUT2D eigenvalue weighted by molar-refractivity contribution is 6.04. The zero-order valence-corrected chi connectivity index (χ0v) is 18.8. The number of anilines is 2. The SMILES string of the molecule is [2H]c1nc(NC(=O)c2ccc(-c3nc([C@@H]4CCCN4C(=O)C#CC)n4ccnc(N)c34)cc2)c([2H])c([2H])c1[2H]. The lowest BCUT2D eigenvalue weighted by Crippen LogP contribution is -2.30. The lowest BCUT2D eigenvalue weighted by molar-refractivity contribution is -0.126. The molecule has 174 valence electrons. The molecule has 0 spiro atoms. The number of nitrogen functional groups attached to an aromatic ring is 1. The van der Waals surface area contributed by atoms with Gasteiger partial charge in [0, 0.05) is 36.2 Å². The molecular weight excluding hydrogens is 442 g/mol. The fourth-order valence-electron chi connectivity index (χ4n) is 4.23. The van der Waals surface area contributed by atoms with Gasteiger partial charge in [0.05, 0.1) is 11.5 Å². The number of aromatic nitrogens is 4. The quantitative estimate of drug-likeness (QED) is 0.443. The lowest BCUT2D eigenvalue weighted by Gasteiger charge is -2.21. The minimum Gasteiger partial charge on any atom is -0.382 e. The van der Waals surface area contributed by atoms with Crippen molar-refractivity contribution in [1.29, 1.82) is 0 Å². The molecule has 3 aromatic heterocycles. The number of hydrogen-bond donors (Lipinski definition) is 2. The van der Waals surface area contributed by atoms with E-state index in [-0.39, 0.29) is 29.1 Å². The predicted molar refractivity (Wildman–Crippen MR) is 132 cm³/mol. The van der Waals surface area contributed by atoms with Crippen molar-refractivity contribution in [3.8, 4) is 23.1 Å². The van der Waals surface area contributed by atoms with Crippen LogP contribution in [0.25, 0.3) is 16.8 Å². The molecule has 0 saturated carbocycles. The van der Waals surface area contributed by atoms with Gasteiger partial charge in [-0.2, -0.15) is 0 Å². The Morgan fingerprint density at radius 3 is 2.86 bits per heavy atom. The van der Waals surface area contributed by atoms with Crippen molar-refractivity contribution in [3.63, 3.8) is 0 Å². The van der Waals surface area contributed by atoms with E-state index in [2.05, 4.69) is 27.1 Å². The highest BCUT2D eigenvalue weighted by atomic mass is 16.2. The first-order chi connectivity index (χ1) is 18.7. The monoisotopic (exact) mass is 469 g/mol. The first-order valence-electron chi connectivity index (χ1n) is 12.9. The maximum absolute atomic E-state index is 12.8. The Balaban J connectivity index is 1.49. The summed E-state index contributed by atoms with van der Waals surface area (Å²) < 4.78 is 32.8. The molecule has 3 N–H and O–H groups in total. The number of pyridine rings is 1. The van der Waals surface area contributed by atoms with E-state index in [0.29, 0.717) is 29.1 Å². The Bertz CT molecular complexity index is 1690. The van der Waals surface area contributed by atoms with E-state index < -0.39 is 30.2 Å². The molecule has 2 amide bonds. The van der Waals surface area contributed by atoms with Crippen LogP contribution in [-0.4, -0.2) is 42.6 Å². The summed E-state index contributed by atoms with van der Waals surface area (Å²) in [5, 5.41) is 2.44. The molecule has 35 heavy (non-hydrogen) atoms. The van der Waals surface area contributed by atoms with Gasteiger partial charge in [0.1, 0.15) is 28.7 Å². The largest absolute Gasteiger partial charge is 0.382 e. The fourth-order valence-corrected chi connectivity index (χ4v) is 4.23. The number of imidazole rings is 1. The van der Waals surface area contributed by atoms with Gasteiger partial charge in [-0.3, -0.25) is 14.0 Å². The van der Waals surface area contributed by atoms with E-state index in [9.17, 15) is 9.59 Å². The van der Waals surface area contributed by atoms with Crippen molar-refractivity contribution >= 4 is 29.0 Å². The molecule has 0 aliphatic carbocycles. The minimum absolute atomic E-state index is 0.244. The van der Waals surface area contributed by atoms with Crippen LogP contribution in [0.5, 0.6) is 0 Å². The third kappa shape index (κ3) is 4.17. The van der Waals surface area contributed by atoms with Crippen molar-refractivity contribution in [1.82, 2.24) is 24.3 Å². The van der Waals surface area contributed by atoms with Gasteiger partial charge in [-0.1, -0.05) is 24.1 Å². The van der Waals surface area contributed by atoms with Gasteiger partial charge in [-0.05, 0) is 49.9 Å². The fraction of sp³-hybridized carbons (Fsp3) is 0.192. The van der Waals surface area contributed by atoms with E-state index in [4.69, 9.17) is 16.2 Å². The third-order valence-electron chi connectivity index (χ3n) is 5.77. The van der Waals surface area contributed by atoms with Crippen LogP contribution >= 0.6 is 0 Å². The summed E-state index contributed by atoms with van der Waals surface area (Å²) in [6, 6.07) is 4.83. The third-order valence-corrected chi connectivity index (χ3v) is 5.77. The van der Waals surface area contributed by atoms with Gasteiger partial charge >= 0.3 is 0 Å². The van der Waals surface area contributed by atoms with Crippen molar-refractivity contribution in [2.75, 3.05) is 17.6 Å². The van der Waals surface area contributed by atoms with Crippen LogP contribution in [0.3, 0.4) is 0 Å². The summed E-state index contributed by atoms with van der Waals surface area (Å²) in [6.07, 6.45) is 4.37. The van der Waals surface area contributed by atoms with Crippen LogP contribution < -0.4 is 11.1 Å². The minimum atomic E-state index is -0.590. The Hall–Kier alpha value is -4.71. The summed E-state index contributed by atoms with van der Waals surface area (Å²) in [7, 11) is 0. The topological polar surface area (TPSA) is 119 Å². The number of carbonyl (C=O) groups excluding carboxylic acids is 2. The van der Waals surface area contributed by atoms with Crippen LogP contribution in [0.15, 0.2) is 61.0 Å². The Kier molecular flexibility index (Phi) is 4.69. The summed E-state index contributed by atoms with van der Waals surface area (Å²) >= 11 is 0. The van der Waals surface area contributed by atoms with Gasteiger partial charge in [0.2, 0.25) is 0 Å². The van der Waals surface area contributed by atoms with Gasteiger partial charge < -0.3 is 16.0 Å². The summed E-state index contributed by atoms with van der Waals surface area (Å²) in [5.41, 5.74) is 8.29. The first kappa shape index (κ1) is 17.7. The molecule has 0 radical (unpaired) electrons. The number of fused-ring (bicyclic) bond motifs is 1. The normalized spacial score (nSPS) is 16.6. The van der Waals surface area contributed by atoms with Crippen molar-refractivity contribution in [3.05, 3.63) is 72.3 Å². The lowest BCUT2D eigenvalue weighted by atomic mass is 10.1. The number of benzene rings is 1. The number of nitrogens with two attached hydrogens (primary N) is 1. The summed E-state index contributed by atoms with van der Waals surface area (Å²) in [6.45, 7) is 2.20. The standard InChI is InChI=1S/C26H23N7O2/c1-2-6-21(34)32-15-5-7-19(32)25-31-22(23-24(27)29-14-16-33(23)25)17-9-11-18(12-10-17)26(35)30-20-8-3-4-13-28-20/h3-4,8-14,16,19H,5,7,15H2,1H3,(H2,27,29)(H,28,30,35)/t19-/m0/s1/i3D,4D,8D,13D. The number of rotatable bonds is 4. The van der Waals surface area contributed by atoms with Gasteiger partial charge in [-0.15, -0.1) is 0 Å². The molecule has 4 aromatic rings. The number of hydrogen-bond acceptors (Lipinski definition) is 6. The number of carbonyl (C=O) groups is 2. The molecule has 1 fully saturated rings. The summed E-state index contributed by atoms with van der Waals surface area (Å²) in [5.74, 6) is 5.07. The average molecular weight is 470 g/mol. The number of amides is 2. The van der Waals surface area contributed by atoms with Crippen LogP contribution in [0, 0.1) is 11.8 Å². The molecule has 1 aliphatic heterocycles. The molecule has 5 rings (SSSR count). The smallest absolute Gasteiger partial charge is 0.299 e.